The van der Waals surface area contributed by atoms with Crippen LogP contribution >= 0.6 is 0 Å². The summed E-state index contributed by atoms with van der Waals surface area (Å²) in [7, 11) is -3.16. The van der Waals surface area contributed by atoms with Gasteiger partial charge in [-0.05, 0) is 34.2 Å². The molecule has 0 N–H and O–H groups in total. The number of nitrogens with zero attached hydrogens (tertiary/aromatic N) is 2. The van der Waals surface area contributed by atoms with Gasteiger partial charge in [-0.2, -0.15) is 4.31 Å². The summed E-state index contributed by atoms with van der Waals surface area (Å²) in [6.45, 7) is 12.6. The van der Waals surface area contributed by atoms with Crippen molar-refractivity contribution < 1.29 is 8.42 Å². The Morgan fingerprint density at radius 2 is 1.81 bits per heavy atom. The SMILES string of the molecule is CCN1CCN(S(=O)(=O)C(C)(C)C)C[C@@H]1C. The fourth-order valence-corrected chi connectivity index (χ4v) is 3.55. The Morgan fingerprint density at radius 1 is 1.25 bits per heavy atom. The number of likely N-dealkylation sites (N-methyl/N-ethyl adjacent to an activating group) is 1. The van der Waals surface area contributed by atoms with Crippen molar-refractivity contribution in [2.75, 3.05) is 26.2 Å². The highest BCUT2D eigenvalue weighted by atomic mass is 32.2. The van der Waals surface area contributed by atoms with Crippen molar-refractivity contribution in [1.29, 1.82) is 0 Å². The molecule has 0 amide bonds. The number of hydrogen-bond donors (Lipinski definition) is 0. The molecule has 0 aliphatic carbocycles. The predicted octanol–water partition coefficient (Wildman–Crippen LogP) is 1.14. The minimum atomic E-state index is -3.16. The Kier molecular flexibility index (Phi) is 4.03. The van der Waals surface area contributed by atoms with Crippen LogP contribution in [0.25, 0.3) is 0 Å². The van der Waals surface area contributed by atoms with Crippen LogP contribution < -0.4 is 0 Å². The maximum absolute atomic E-state index is 12.3. The van der Waals surface area contributed by atoms with Crippen LogP contribution in [0.5, 0.6) is 0 Å². The molecule has 4 nitrogen and oxygen atoms in total. The summed E-state index contributed by atoms with van der Waals surface area (Å²) in [5, 5.41) is 0. The molecule has 1 aliphatic heterocycles. The third-order valence-electron chi connectivity index (χ3n) is 3.25. The van der Waals surface area contributed by atoms with Gasteiger partial charge in [0.2, 0.25) is 10.0 Å². The van der Waals surface area contributed by atoms with E-state index < -0.39 is 14.8 Å². The van der Waals surface area contributed by atoms with Crippen LogP contribution in [-0.4, -0.2) is 54.6 Å². The first-order valence-corrected chi connectivity index (χ1v) is 7.38. The Bertz CT molecular complexity index is 332. The monoisotopic (exact) mass is 248 g/mol. The molecule has 5 heteroatoms. The Morgan fingerprint density at radius 3 is 2.19 bits per heavy atom. The van der Waals surface area contributed by atoms with Crippen molar-refractivity contribution in [1.82, 2.24) is 9.21 Å². The van der Waals surface area contributed by atoms with E-state index in [0.29, 0.717) is 19.1 Å². The van der Waals surface area contributed by atoms with E-state index in [2.05, 4.69) is 18.7 Å². The normalized spacial score (nSPS) is 25.9. The molecule has 16 heavy (non-hydrogen) atoms. The molecule has 1 rings (SSSR count). The third kappa shape index (κ3) is 2.57. The molecule has 96 valence electrons. The summed E-state index contributed by atoms with van der Waals surface area (Å²) in [6, 6.07) is 0.316. The van der Waals surface area contributed by atoms with Crippen LogP contribution in [0.2, 0.25) is 0 Å². The van der Waals surface area contributed by atoms with E-state index in [9.17, 15) is 8.42 Å². The van der Waals surface area contributed by atoms with E-state index >= 15 is 0 Å². The lowest BCUT2D eigenvalue weighted by Crippen LogP contribution is -2.56. The van der Waals surface area contributed by atoms with Crippen molar-refractivity contribution in [3.63, 3.8) is 0 Å². The molecule has 1 atom stereocenters. The van der Waals surface area contributed by atoms with Crippen LogP contribution in [0.15, 0.2) is 0 Å². The topological polar surface area (TPSA) is 40.6 Å². The first-order chi connectivity index (χ1) is 7.20. The van der Waals surface area contributed by atoms with Gasteiger partial charge in [0.1, 0.15) is 0 Å². The molecule has 1 heterocycles. The number of piperazine rings is 1. The van der Waals surface area contributed by atoms with Gasteiger partial charge in [0.25, 0.3) is 0 Å². The number of rotatable bonds is 2. The zero-order chi connectivity index (χ0) is 12.6. The van der Waals surface area contributed by atoms with Gasteiger partial charge in [-0.25, -0.2) is 8.42 Å². The second kappa shape index (κ2) is 4.63. The average molecular weight is 248 g/mol. The van der Waals surface area contributed by atoms with E-state index in [-0.39, 0.29) is 0 Å². The maximum atomic E-state index is 12.3. The molecular weight excluding hydrogens is 224 g/mol. The summed E-state index contributed by atoms with van der Waals surface area (Å²) in [4.78, 5) is 2.31. The van der Waals surface area contributed by atoms with E-state index in [1.165, 1.54) is 0 Å². The molecule has 0 aromatic carbocycles. The van der Waals surface area contributed by atoms with Gasteiger partial charge >= 0.3 is 0 Å². The highest BCUT2D eigenvalue weighted by Crippen LogP contribution is 2.23. The summed E-state index contributed by atoms with van der Waals surface area (Å²) in [6.07, 6.45) is 0. The second-order valence-corrected chi connectivity index (χ2v) is 8.14. The molecule has 0 spiro atoms. The summed E-state index contributed by atoms with van der Waals surface area (Å²) >= 11 is 0. The first kappa shape index (κ1) is 13.9. The Hall–Kier alpha value is -0.130. The van der Waals surface area contributed by atoms with E-state index in [0.717, 1.165) is 13.1 Å². The van der Waals surface area contributed by atoms with E-state index in [4.69, 9.17) is 0 Å². The van der Waals surface area contributed by atoms with Gasteiger partial charge < -0.3 is 0 Å². The summed E-state index contributed by atoms with van der Waals surface area (Å²) < 4.78 is 25.5. The Labute approximate surface area is 99.7 Å². The van der Waals surface area contributed by atoms with Crippen molar-refractivity contribution in [2.24, 2.45) is 0 Å². The standard InChI is InChI=1S/C11H24N2O2S/c1-6-12-7-8-13(9-10(12)2)16(14,15)11(3,4)5/h10H,6-9H2,1-5H3/t10-/m0/s1. The van der Waals surface area contributed by atoms with Crippen molar-refractivity contribution in [2.45, 2.75) is 45.4 Å². The lowest BCUT2D eigenvalue weighted by Gasteiger charge is -2.40. The van der Waals surface area contributed by atoms with Crippen molar-refractivity contribution >= 4 is 10.0 Å². The van der Waals surface area contributed by atoms with Crippen LogP contribution in [0, 0.1) is 0 Å². The Balaban J connectivity index is 2.80. The minimum Gasteiger partial charge on any atom is -0.298 e. The van der Waals surface area contributed by atoms with Gasteiger partial charge in [-0.15, -0.1) is 0 Å². The van der Waals surface area contributed by atoms with Crippen molar-refractivity contribution in [3.8, 4) is 0 Å². The molecule has 1 fully saturated rings. The molecule has 0 aromatic rings. The third-order valence-corrected chi connectivity index (χ3v) is 5.81. The van der Waals surface area contributed by atoms with Gasteiger partial charge in [-0.1, -0.05) is 6.92 Å². The fourth-order valence-electron chi connectivity index (χ4n) is 2.04. The van der Waals surface area contributed by atoms with Crippen LogP contribution in [0.3, 0.4) is 0 Å². The minimum absolute atomic E-state index is 0.316. The summed E-state index contributed by atoms with van der Waals surface area (Å²) in [5.41, 5.74) is 0. The molecule has 1 aliphatic rings. The van der Waals surface area contributed by atoms with Crippen molar-refractivity contribution in [3.05, 3.63) is 0 Å². The number of hydrogen-bond acceptors (Lipinski definition) is 3. The molecule has 0 radical (unpaired) electrons. The van der Waals surface area contributed by atoms with Crippen LogP contribution in [0.4, 0.5) is 0 Å². The number of sulfonamides is 1. The summed E-state index contributed by atoms with van der Waals surface area (Å²) in [5.74, 6) is 0. The average Bonchev–Trinajstić information content (AvgIpc) is 2.15. The lowest BCUT2D eigenvalue weighted by molar-refractivity contribution is 0.134. The fraction of sp³-hybridized carbons (Fsp3) is 1.00. The smallest absolute Gasteiger partial charge is 0.219 e. The first-order valence-electron chi connectivity index (χ1n) is 5.94. The predicted molar refractivity (Wildman–Crippen MR) is 67.0 cm³/mol. The van der Waals surface area contributed by atoms with E-state index in [1.54, 1.807) is 25.1 Å². The lowest BCUT2D eigenvalue weighted by atomic mass is 10.2. The molecular formula is C11H24N2O2S. The highest BCUT2D eigenvalue weighted by Gasteiger charge is 2.38. The molecule has 0 bridgehead atoms. The molecule has 0 saturated carbocycles. The van der Waals surface area contributed by atoms with Gasteiger partial charge in [0.15, 0.2) is 0 Å². The molecule has 0 unspecified atom stereocenters. The van der Waals surface area contributed by atoms with Crippen LogP contribution in [0.1, 0.15) is 34.6 Å². The van der Waals surface area contributed by atoms with Gasteiger partial charge in [-0.3, -0.25) is 4.90 Å². The highest BCUT2D eigenvalue weighted by molar-refractivity contribution is 7.90. The van der Waals surface area contributed by atoms with Crippen LogP contribution in [-0.2, 0) is 10.0 Å². The zero-order valence-corrected chi connectivity index (χ0v) is 11.8. The van der Waals surface area contributed by atoms with E-state index in [1.807, 2.05) is 0 Å². The van der Waals surface area contributed by atoms with Gasteiger partial charge in [0, 0.05) is 25.7 Å². The quantitative estimate of drug-likeness (QED) is 0.736. The molecule has 1 saturated heterocycles. The maximum Gasteiger partial charge on any atom is 0.219 e. The molecule has 0 aromatic heterocycles. The second-order valence-electron chi connectivity index (χ2n) is 5.45. The van der Waals surface area contributed by atoms with Gasteiger partial charge in [0.05, 0.1) is 4.75 Å². The zero-order valence-electron chi connectivity index (χ0n) is 11.0. The largest absolute Gasteiger partial charge is 0.298 e.